The van der Waals surface area contributed by atoms with Gasteiger partial charge in [0.1, 0.15) is 12.2 Å². The normalized spacial score (nSPS) is 24.2. The van der Waals surface area contributed by atoms with Crippen molar-refractivity contribution in [2.24, 2.45) is 5.73 Å². The molecule has 0 unspecified atom stereocenters. The van der Waals surface area contributed by atoms with Crippen molar-refractivity contribution in [3.8, 4) is 0 Å². The molecule has 6 heteroatoms. The third-order valence-electron chi connectivity index (χ3n) is 4.96. The largest absolute Gasteiger partial charge is 0.367 e. The Morgan fingerprint density at radius 3 is 2.42 bits per heavy atom. The third kappa shape index (κ3) is 3.81. The number of carbonyl (C=O) groups is 2. The first-order valence-electron chi connectivity index (χ1n) is 8.55. The van der Waals surface area contributed by atoms with Crippen molar-refractivity contribution in [3.05, 3.63) is 34.3 Å². The Morgan fingerprint density at radius 2 is 1.79 bits per heavy atom. The molecule has 1 heterocycles. The maximum Gasteiger partial charge on any atom is 0.252 e. The number of hydrogen-bond donors (Lipinski definition) is 1. The minimum absolute atomic E-state index is 0.0126. The van der Waals surface area contributed by atoms with Gasteiger partial charge in [0.05, 0.1) is 0 Å². The van der Waals surface area contributed by atoms with Crippen LogP contribution in [0.1, 0.15) is 44.1 Å². The SMILES string of the molecule is NC(=O)[C@@H]1CC[C@H](C(=O)N(Cc2ccccc2Br)C2CCCC2)O1. The second-order valence-electron chi connectivity index (χ2n) is 6.59. The van der Waals surface area contributed by atoms with E-state index in [1.54, 1.807) is 0 Å². The number of primary amides is 1. The number of ether oxygens (including phenoxy) is 1. The summed E-state index contributed by atoms with van der Waals surface area (Å²) in [6, 6.07) is 8.21. The summed E-state index contributed by atoms with van der Waals surface area (Å²) in [5.41, 5.74) is 6.39. The zero-order valence-electron chi connectivity index (χ0n) is 13.6. The molecule has 1 aromatic carbocycles. The van der Waals surface area contributed by atoms with Gasteiger partial charge in [0.15, 0.2) is 0 Å². The first kappa shape index (κ1) is 17.4. The van der Waals surface area contributed by atoms with Crippen LogP contribution in [-0.2, 0) is 20.9 Å². The highest BCUT2D eigenvalue weighted by Crippen LogP contribution is 2.30. The first-order valence-corrected chi connectivity index (χ1v) is 9.34. The Kier molecular flexibility index (Phi) is 5.56. The highest BCUT2D eigenvalue weighted by atomic mass is 79.9. The van der Waals surface area contributed by atoms with Crippen molar-refractivity contribution in [3.63, 3.8) is 0 Å². The van der Waals surface area contributed by atoms with Crippen LogP contribution in [0.4, 0.5) is 0 Å². The van der Waals surface area contributed by atoms with Crippen LogP contribution in [0.2, 0.25) is 0 Å². The van der Waals surface area contributed by atoms with E-state index in [0.717, 1.165) is 35.7 Å². The van der Waals surface area contributed by atoms with Gasteiger partial charge in [-0.3, -0.25) is 9.59 Å². The van der Waals surface area contributed by atoms with E-state index >= 15 is 0 Å². The predicted octanol–water partition coefficient (Wildman–Crippen LogP) is 2.75. The molecule has 2 atom stereocenters. The van der Waals surface area contributed by atoms with E-state index in [9.17, 15) is 9.59 Å². The van der Waals surface area contributed by atoms with Gasteiger partial charge >= 0.3 is 0 Å². The second kappa shape index (κ2) is 7.66. The van der Waals surface area contributed by atoms with Crippen molar-refractivity contribution in [2.75, 3.05) is 0 Å². The first-order chi connectivity index (χ1) is 11.6. The minimum Gasteiger partial charge on any atom is -0.367 e. The number of halogens is 1. The number of nitrogens with two attached hydrogens (primary N) is 1. The van der Waals surface area contributed by atoms with Gasteiger partial charge in [0.25, 0.3) is 5.91 Å². The molecule has 2 fully saturated rings. The molecule has 1 aliphatic carbocycles. The second-order valence-corrected chi connectivity index (χ2v) is 7.44. The standard InChI is InChI=1S/C18H23BrN2O3/c19-14-8-4-1-5-12(14)11-21(13-6-2-3-7-13)18(23)16-10-9-15(24-16)17(20)22/h1,4-5,8,13,15-16H,2-3,6-7,9-11H2,(H2,20,22)/t15-,16+/m0/s1. The molecule has 24 heavy (non-hydrogen) atoms. The van der Waals surface area contributed by atoms with Crippen LogP contribution in [0.5, 0.6) is 0 Å². The van der Waals surface area contributed by atoms with E-state index in [1.165, 1.54) is 0 Å². The molecule has 0 bridgehead atoms. The highest BCUT2D eigenvalue weighted by molar-refractivity contribution is 9.10. The fourth-order valence-corrected chi connectivity index (χ4v) is 4.04. The Bertz CT molecular complexity index is 616. The van der Waals surface area contributed by atoms with Crippen LogP contribution in [0.15, 0.2) is 28.7 Å². The lowest BCUT2D eigenvalue weighted by atomic mass is 10.1. The van der Waals surface area contributed by atoms with Gasteiger partial charge in [-0.1, -0.05) is 47.0 Å². The molecule has 2 amide bonds. The molecule has 1 aromatic rings. The Morgan fingerprint density at radius 1 is 1.12 bits per heavy atom. The van der Waals surface area contributed by atoms with Gasteiger partial charge < -0.3 is 15.4 Å². The van der Waals surface area contributed by atoms with Crippen LogP contribution in [0, 0.1) is 0 Å². The molecule has 130 valence electrons. The summed E-state index contributed by atoms with van der Waals surface area (Å²) in [6.07, 6.45) is 4.27. The molecular weight excluding hydrogens is 372 g/mol. The lowest BCUT2D eigenvalue weighted by molar-refractivity contribution is -0.148. The van der Waals surface area contributed by atoms with Gasteiger partial charge in [0.2, 0.25) is 5.91 Å². The number of amides is 2. The molecule has 0 aromatic heterocycles. The molecule has 1 aliphatic heterocycles. The number of nitrogens with zero attached hydrogens (tertiary/aromatic N) is 1. The van der Waals surface area contributed by atoms with E-state index in [4.69, 9.17) is 10.5 Å². The number of carbonyl (C=O) groups excluding carboxylic acids is 2. The summed E-state index contributed by atoms with van der Waals surface area (Å²) < 4.78 is 6.62. The molecule has 3 rings (SSSR count). The number of rotatable bonds is 5. The zero-order chi connectivity index (χ0) is 17.1. The molecular formula is C18H23BrN2O3. The van der Waals surface area contributed by atoms with Crippen molar-refractivity contribution >= 4 is 27.7 Å². The molecule has 2 N–H and O–H groups in total. The highest BCUT2D eigenvalue weighted by Gasteiger charge is 2.38. The van der Waals surface area contributed by atoms with Crippen LogP contribution >= 0.6 is 15.9 Å². The monoisotopic (exact) mass is 394 g/mol. The maximum absolute atomic E-state index is 13.0. The number of hydrogen-bond acceptors (Lipinski definition) is 3. The third-order valence-corrected chi connectivity index (χ3v) is 5.73. The van der Waals surface area contributed by atoms with Crippen LogP contribution in [0.25, 0.3) is 0 Å². The van der Waals surface area contributed by atoms with Gasteiger partial charge in [-0.15, -0.1) is 0 Å². The summed E-state index contributed by atoms with van der Waals surface area (Å²) in [5.74, 6) is -0.495. The van der Waals surface area contributed by atoms with E-state index in [1.807, 2.05) is 29.2 Å². The average molecular weight is 395 g/mol. The smallest absolute Gasteiger partial charge is 0.252 e. The summed E-state index contributed by atoms with van der Waals surface area (Å²) in [6.45, 7) is 0.562. The topological polar surface area (TPSA) is 72.6 Å². The van der Waals surface area contributed by atoms with E-state index < -0.39 is 18.1 Å². The van der Waals surface area contributed by atoms with E-state index in [0.29, 0.717) is 19.4 Å². The Hall–Kier alpha value is -1.40. The van der Waals surface area contributed by atoms with Gasteiger partial charge in [0, 0.05) is 17.1 Å². The van der Waals surface area contributed by atoms with Crippen LogP contribution in [0.3, 0.4) is 0 Å². The van der Waals surface area contributed by atoms with E-state index in [-0.39, 0.29) is 11.9 Å². The van der Waals surface area contributed by atoms with Crippen molar-refractivity contribution in [1.82, 2.24) is 4.90 Å². The summed E-state index contributed by atoms with van der Waals surface area (Å²) >= 11 is 3.56. The quantitative estimate of drug-likeness (QED) is 0.834. The van der Waals surface area contributed by atoms with Crippen molar-refractivity contribution in [1.29, 1.82) is 0 Å². The summed E-state index contributed by atoms with van der Waals surface area (Å²) in [5, 5.41) is 0. The minimum atomic E-state index is -0.632. The molecule has 0 radical (unpaired) electrons. The van der Waals surface area contributed by atoms with Crippen LogP contribution in [-0.4, -0.2) is 35.0 Å². The lowest BCUT2D eigenvalue weighted by Gasteiger charge is -2.31. The molecule has 0 spiro atoms. The molecule has 2 aliphatic rings. The van der Waals surface area contributed by atoms with Crippen molar-refractivity contribution < 1.29 is 14.3 Å². The maximum atomic E-state index is 13.0. The fourth-order valence-electron chi connectivity index (χ4n) is 3.63. The molecule has 1 saturated carbocycles. The molecule has 5 nitrogen and oxygen atoms in total. The molecule has 1 saturated heterocycles. The number of benzene rings is 1. The van der Waals surface area contributed by atoms with Gasteiger partial charge in [-0.05, 0) is 37.3 Å². The Balaban J connectivity index is 1.76. The van der Waals surface area contributed by atoms with Gasteiger partial charge in [-0.25, -0.2) is 0 Å². The van der Waals surface area contributed by atoms with Crippen LogP contribution < -0.4 is 5.73 Å². The van der Waals surface area contributed by atoms with Gasteiger partial charge in [-0.2, -0.15) is 0 Å². The summed E-state index contributed by atoms with van der Waals surface area (Å²) in [7, 11) is 0. The average Bonchev–Trinajstić information content (AvgIpc) is 3.25. The zero-order valence-corrected chi connectivity index (χ0v) is 15.2. The predicted molar refractivity (Wildman–Crippen MR) is 94.0 cm³/mol. The van der Waals surface area contributed by atoms with E-state index in [2.05, 4.69) is 15.9 Å². The Labute approximate surface area is 150 Å². The summed E-state index contributed by atoms with van der Waals surface area (Å²) in [4.78, 5) is 26.3. The lowest BCUT2D eigenvalue weighted by Crippen LogP contribution is -2.44. The fraction of sp³-hybridized carbons (Fsp3) is 0.556. The van der Waals surface area contributed by atoms with Crippen molar-refractivity contribution in [2.45, 2.75) is 63.3 Å².